The molecule has 0 saturated carbocycles. The number of hydrogen-bond acceptors (Lipinski definition) is 3. The van der Waals surface area contributed by atoms with Gasteiger partial charge in [0.15, 0.2) is 0 Å². The average molecular weight is 237 g/mol. The number of benzene rings is 1. The summed E-state index contributed by atoms with van der Waals surface area (Å²) in [5.41, 5.74) is 6.94. The van der Waals surface area contributed by atoms with Crippen molar-refractivity contribution >= 4 is 0 Å². The third kappa shape index (κ3) is 4.27. The first-order valence-electron chi connectivity index (χ1n) is 6.11. The number of nitrogens with two attached hydrogens (primary N) is 1. The van der Waals surface area contributed by atoms with Gasteiger partial charge in [0.25, 0.3) is 0 Å². The van der Waals surface area contributed by atoms with Gasteiger partial charge < -0.3 is 15.2 Å². The molecule has 0 bridgehead atoms. The first kappa shape index (κ1) is 13.8. The Morgan fingerprint density at radius 3 is 2.47 bits per heavy atom. The summed E-state index contributed by atoms with van der Waals surface area (Å²) < 4.78 is 11.0. The molecule has 0 radical (unpaired) electrons. The third-order valence-electron chi connectivity index (χ3n) is 2.66. The molecule has 96 valence electrons. The topological polar surface area (TPSA) is 44.5 Å². The van der Waals surface area contributed by atoms with Gasteiger partial charge in [-0.05, 0) is 25.3 Å². The summed E-state index contributed by atoms with van der Waals surface area (Å²) in [6, 6.07) is 5.75. The van der Waals surface area contributed by atoms with Crippen LogP contribution in [0.2, 0.25) is 0 Å². The van der Waals surface area contributed by atoms with Crippen LogP contribution in [0.15, 0.2) is 18.2 Å². The highest BCUT2D eigenvalue weighted by Gasteiger charge is 2.09. The summed E-state index contributed by atoms with van der Waals surface area (Å²) in [5.74, 6) is 2.27. The Labute approximate surface area is 104 Å². The van der Waals surface area contributed by atoms with E-state index in [1.807, 2.05) is 25.1 Å². The SMILES string of the molecule is COc1ccc([C@H](C)N)c(OCCC(C)C)c1. The maximum absolute atomic E-state index is 5.92. The first-order valence-corrected chi connectivity index (χ1v) is 6.11. The third-order valence-corrected chi connectivity index (χ3v) is 2.66. The van der Waals surface area contributed by atoms with E-state index in [1.54, 1.807) is 7.11 Å². The van der Waals surface area contributed by atoms with Gasteiger partial charge in [-0.3, -0.25) is 0 Å². The Bertz CT molecular complexity index is 348. The van der Waals surface area contributed by atoms with Crippen LogP contribution in [0, 0.1) is 5.92 Å². The highest BCUT2D eigenvalue weighted by molar-refractivity contribution is 5.42. The Hall–Kier alpha value is -1.22. The van der Waals surface area contributed by atoms with E-state index in [1.165, 1.54) is 0 Å². The second-order valence-electron chi connectivity index (χ2n) is 4.72. The summed E-state index contributed by atoms with van der Waals surface area (Å²) in [4.78, 5) is 0. The van der Waals surface area contributed by atoms with E-state index >= 15 is 0 Å². The summed E-state index contributed by atoms with van der Waals surface area (Å²) in [6.07, 6.45) is 1.04. The maximum atomic E-state index is 5.92. The normalized spacial score (nSPS) is 12.6. The quantitative estimate of drug-likeness (QED) is 0.826. The van der Waals surface area contributed by atoms with Crippen LogP contribution in [0.25, 0.3) is 0 Å². The number of rotatable bonds is 6. The zero-order valence-corrected chi connectivity index (χ0v) is 11.2. The van der Waals surface area contributed by atoms with Crippen LogP contribution in [0.1, 0.15) is 38.8 Å². The molecule has 0 aliphatic carbocycles. The maximum Gasteiger partial charge on any atom is 0.127 e. The summed E-state index contributed by atoms with van der Waals surface area (Å²) in [6.45, 7) is 7.03. The molecule has 3 nitrogen and oxygen atoms in total. The Morgan fingerprint density at radius 1 is 1.24 bits per heavy atom. The molecule has 3 heteroatoms. The predicted octanol–water partition coefficient (Wildman–Crippen LogP) is 3.14. The second-order valence-corrected chi connectivity index (χ2v) is 4.72. The molecule has 1 aromatic carbocycles. The molecule has 1 atom stereocenters. The highest BCUT2D eigenvalue weighted by Crippen LogP contribution is 2.28. The van der Waals surface area contributed by atoms with Gasteiger partial charge in [0.1, 0.15) is 11.5 Å². The van der Waals surface area contributed by atoms with Crippen LogP contribution in [0.3, 0.4) is 0 Å². The molecule has 0 spiro atoms. The van der Waals surface area contributed by atoms with E-state index < -0.39 is 0 Å². The Balaban J connectivity index is 2.78. The predicted molar refractivity (Wildman–Crippen MR) is 70.5 cm³/mol. The van der Waals surface area contributed by atoms with E-state index in [9.17, 15) is 0 Å². The van der Waals surface area contributed by atoms with E-state index in [0.29, 0.717) is 12.5 Å². The van der Waals surface area contributed by atoms with Crippen molar-refractivity contribution < 1.29 is 9.47 Å². The first-order chi connectivity index (χ1) is 8.04. The zero-order chi connectivity index (χ0) is 12.8. The molecule has 0 saturated heterocycles. The monoisotopic (exact) mass is 237 g/mol. The van der Waals surface area contributed by atoms with Crippen LogP contribution in [0.4, 0.5) is 0 Å². The largest absolute Gasteiger partial charge is 0.497 e. The van der Waals surface area contributed by atoms with Gasteiger partial charge >= 0.3 is 0 Å². The molecule has 0 aliphatic heterocycles. The van der Waals surface area contributed by atoms with Crippen LogP contribution < -0.4 is 15.2 Å². The van der Waals surface area contributed by atoms with Crippen molar-refractivity contribution in [3.8, 4) is 11.5 Å². The fraction of sp³-hybridized carbons (Fsp3) is 0.571. The Kier molecular flexibility index (Phi) is 5.29. The molecule has 0 fully saturated rings. The van der Waals surface area contributed by atoms with Crippen LogP contribution in [-0.4, -0.2) is 13.7 Å². The standard InChI is InChI=1S/C14H23NO2/c1-10(2)7-8-17-14-9-12(16-4)5-6-13(14)11(3)15/h5-6,9-11H,7-8,15H2,1-4H3/t11-/m0/s1. The molecule has 17 heavy (non-hydrogen) atoms. The molecule has 2 N–H and O–H groups in total. The molecule has 0 heterocycles. The van der Waals surface area contributed by atoms with Crippen LogP contribution >= 0.6 is 0 Å². The summed E-state index contributed by atoms with van der Waals surface area (Å²) >= 11 is 0. The van der Waals surface area contributed by atoms with E-state index in [2.05, 4.69) is 13.8 Å². The van der Waals surface area contributed by atoms with Gasteiger partial charge in [-0.2, -0.15) is 0 Å². The lowest BCUT2D eigenvalue weighted by Crippen LogP contribution is -2.09. The van der Waals surface area contributed by atoms with Gasteiger partial charge in [-0.15, -0.1) is 0 Å². The molecule has 0 amide bonds. The summed E-state index contributed by atoms with van der Waals surface area (Å²) in [7, 11) is 1.65. The minimum Gasteiger partial charge on any atom is -0.497 e. The highest BCUT2D eigenvalue weighted by atomic mass is 16.5. The van der Waals surface area contributed by atoms with Gasteiger partial charge in [0.2, 0.25) is 0 Å². The van der Waals surface area contributed by atoms with Crippen LogP contribution in [-0.2, 0) is 0 Å². The van der Waals surface area contributed by atoms with Gasteiger partial charge in [-0.1, -0.05) is 19.9 Å². The van der Waals surface area contributed by atoms with Crippen molar-refractivity contribution in [2.24, 2.45) is 11.7 Å². The fourth-order valence-corrected chi connectivity index (χ4v) is 1.55. The average Bonchev–Trinajstić information content (AvgIpc) is 2.28. The molecular formula is C14H23NO2. The summed E-state index contributed by atoms with van der Waals surface area (Å²) in [5, 5.41) is 0. The number of hydrogen-bond donors (Lipinski definition) is 1. The molecule has 0 unspecified atom stereocenters. The lowest BCUT2D eigenvalue weighted by atomic mass is 10.1. The van der Waals surface area contributed by atoms with Gasteiger partial charge in [0, 0.05) is 17.7 Å². The van der Waals surface area contributed by atoms with E-state index in [4.69, 9.17) is 15.2 Å². The van der Waals surface area contributed by atoms with Gasteiger partial charge in [0.05, 0.1) is 13.7 Å². The minimum absolute atomic E-state index is 0.0324. The van der Waals surface area contributed by atoms with Crippen molar-refractivity contribution in [1.82, 2.24) is 0 Å². The molecule has 0 aromatic heterocycles. The number of ether oxygens (including phenoxy) is 2. The van der Waals surface area contributed by atoms with Crippen molar-refractivity contribution in [2.45, 2.75) is 33.2 Å². The lowest BCUT2D eigenvalue weighted by molar-refractivity contribution is 0.284. The van der Waals surface area contributed by atoms with Crippen molar-refractivity contribution in [1.29, 1.82) is 0 Å². The smallest absolute Gasteiger partial charge is 0.127 e. The van der Waals surface area contributed by atoms with Crippen molar-refractivity contribution in [2.75, 3.05) is 13.7 Å². The zero-order valence-electron chi connectivity index (χ0n) is 11.2. The molecule has 0 aliphatic rings. The van der Waals surface area contributed by atoms with Crippen molar-refractivity contribution in [3.05, 3.63) is 23.8 Å². The second kappa shape index (κ2) is 6.50. The van der Waals surface area contributed by atoms with Crippen molar-refractivity contribution in [3.63, 3.8) is 0 Å². The fourth-order valence-electron chi connectivity index (χ4n) is 1.55. The molecular weight excluding hydrogens is 214 g/mol. The van der Waals surface area contributed by atoms with Gasteiger partial charge in [-0.25, -0.2) is 0 Å². The van der Waals surface area contributed by atoms with Crippen LogP contribution in [0.5, 0.6) is 11.5 Å². The molecule has 1 rings (SSSR count). The Morgan fingerprint density at radius 2 is 1.94 bits per heavy atom. The lowest BCUT2D eigenvalue weighted by Gasteiger charge is -2.15. The van der Waals surface area contributed by atoms with E-state index in [0.717, 1.165) is 23.5 Å². The minimum atomic E-state index is -0.0324. The molecule has 1 aromatic rings. The number of methoxy groups -OCH3 is 1. The van der Waals surface area contributed by atoms with E-state index in [-0.39, 0.29) is 6.04 Å².